The van der Waals surface area contributed by atoms with Gasteiger partial charge in [-0.15, -0.1) is 0 Å². The van der Waals surface area contributed by atoms with Crippen molar-refractivity contribution in [3.8, 4) is 0 Å². The van der Waals surface area contributed by atoms with E-state index in [0.29, 0.717) is 5.75 Å². The molecular formula is C13H19NO2S. The second kappa shape index (κ2) is 4.33. The summed E-state index contributed by atoms with van der Waals surface area (Å²) in [6.07, 6.45) is 0.717. The molecule has 1 heterocycles. The summed E-state index contributed by atoms with van der Waals surface area (Å²) in [5, 5.41) is 3.38. The van der Waals surface area contributed by atoms with Gasteiger partial charge in [0.1, 0.15) is 0 Å². The number of rotatable bonds is 2. The zero-order chi connectivity index (χ0) is 12.6. The van der Waals surface area contributed by atoms with Gasteiger partial charge in [0.05, 0.1) is 11.5 Å². The predicted octanol–water partition coefficient (Wildman–Crippen LogP) is 2.21. The molecule has 0 aromatic heterocycles. The van der Waals surface area contributed by atoms with Crippen molar-refractivity contribution in [2.24, 2.45) is 0 Å². The van der Waals surface area contributed by atoms with E-state index in [-0.39, 0.29) is 11.8 Å². The van der Waals surface area contributed by atoms with Crippen LogP contribution in [0.5, 0.6) is 0 Å². The Kier molecular flexibility index (Phi) is 3.17. The molecule has 1 aliphatic heterocycles. The molecule has 0 spiro atoms. The Balaban J connectivity index is 2.20. The van der Waals surface area contributed by atoms with Crippen LogP contribution in [0.3, 0.4) is 0 Å². The molecule has 1 aromatic carbocycles. The average Bonchev–Trinajstić information content (AvgIpc) is 2.52. The van der Waals surface area contributed by atoms with E-state index >= 15 is 0 Å². The van der Waals surface area contributed by atoms with Crippen LogP contribution in [-0.2, 0) is 9.84 Å². The third kappa shape index (κ3) is 2.80. The van der Waals surface area contributed by atoms with E-state index in [1.54, 1.807) is 0 Å². The zero-order valence-electron chi connectivity index (χ0n) is 10.6. The average molecular weight is 253 g/mol. The summed E-state index contributed by atoms with van der Waals surface area (Å²) in [7, 11) is -2.81. The summed E-state index contributed by atoms with van der Waals surface area (Å²) in [5.41, 5.74) is 4.71. The fourth-order valence-corrected chi connectivity index (χ4v) is 4.19. The third-order valence-electron chi connectivity index (χ3n) is 3.26. The number of hydrogen-bond acceptors (Lipinski definition) is 3. The van der Waals surface area contributed by atoms with Gasteiger partial charge in [-0.1, -0.05) is 17.7 Å². The number of aryl methyl sites for hydroxylation is 3. The highest BCUT2D eigenvalue weighted by atomic mass is 32.2. The lowest BCUT2D eigenvalue weighted by molar-refractivity contribution is 0.602. The minimum absolute atomic E-state index is 0.0695. The second-order valence-corrected chi connectivity index (χ2v) is 7.25. The monoisotopic (exact) mass is 253 g/mol. The van der Waals surface area contributed by atoms with Crippen LogP contribution in [-0.4, -0.2) is 26.0 Å². The van der Waals surface area contributed by atoms with E-state index in [2.05, 4.69) is 38.2 Å². The summed E-state index contributed by atoms with van der Waals surface area (Å²) in [6.45, 7) is 6.20. The molecular weight excluding hydrogens is 234 g/mol. The van der Waals surface area contributed by atoms with Crippen LogP contribution < -0.4 is 5.32 Å². The number of anilines is 1. The molecule has 0 aliphatic carbocycles. The summed E-state index contributed by atoms with van der Waals surface area (Å²) in [6, 6.07) is 4.32. The van der Waals surface area contributed by atoms with Crippen molar-refractivity contribution in [2.45, 2.75) is 33.2 Å². The molecule has 1 fully saturated rings. The van der Waals surface area contributed by atoms with Crippen molar-refractivity contribution in [1.29, 1.82) is 0 Å². The van der Waals surface area contributed by atoms with E-state index < -0.39 is 9.84 Å². The predicted molar refractivity (Wildman–Crippen MR) is 71.3 cm³/mol. The molecule has 1 unspecified atom stereocenters. The van der Waals surface area contributed by atoms with Crippen LogP contribution in [0.4, 0.5) is 5.69 Å². The molecule has 1 saturated heterocycles. The molecule has 1 N–H and O–H groups in total. The molecule has 17 heavy (non-hydrogen) atoms. The first-order valence-electron chi connectivity index (χ1n) is 5.92. The first-order chi connectivity index (χ1) is 7.87. The third-order valence-corrected chi connectivity index (χ3v) is 5.03. The fourth-order valence-electron chi connectivity index (χ4n) is 2.52. The Morgan fingerprint density at radius 2 is 1.76 bits per heavy atom. The Morgan fingerprint density at radius 3 is 2.24 bits per heavy atom. The van der Waals surface area contributed by atoms with E-state index in [1.807, 2.05) is 0 Å². The van der Waals surface area contributed by atoms with Gasteiger partial charge in [0, 0.05) is 11.7 Å². The number of benzene rings is 1. The van der Waals surface area contributed by atoms with Crippen LogP contribution in [0.25, 0.3) is 0 Å². The lowest BCUT2D eigenvalue weighted by Crippen LogP contribution is -2.21. The second-order valence-electron chi connectivity index (χ2n) is 5.02. The van der Waals surface area contributed by atoms with Crippen LogP contribution in [0.2, 0.25) is 0 Å². The van der Waals surface area contributed by atoms with Crippen molar-refractivity contribution in [3.05, 3.63) is 28.8 Å². The molecule has 0 bridgehead atoms. The number of hydrogen-bond donors (Lipinski definition) is 1. The Bertz CT molecular complexity index is 511. The topological polar surface area (TPSA) is 46.2 Å². The quantitative estimate of drug-likeness (QED) is 0.879. The van der Waals surface area contributed by atoms with E-state index in [0.717, 1.165) is 12.1 Å². The summed E-state index contributed by atoms with van der Waals surface area (Å²) in [5.74, 6) is 0.578. The van der Waals surface area contributed by atoms with Gasteiger partial charge in [-0.2, -0.15) is 0 Å². The van der Waals surface area contributed by atoms with Crippen LogP contribution in [0, 0.1) is 20.8 Å². The van der Waals surface area contributed by atoms with E-state index in [4.69, 9.17) is 0 Å². The van der Waals surface area contributed by atoms with Gasteiger partial charge in [-0.3, -0.25) is 0 Å². The SMILES string of the molecule is Cc1cc(C)c(NC2CCS(=O)(=O)C2)c(C)c1. The van der Waals surface area contributed by atoms with Crippen molar-refractivity contribution in [1.82, 2.24) is 0 Å². The van der Waals surface area contributed by atoms with Gasteiger partial charge in [0.2, 0.25) is 0 Å². The maximum Gasteiger partial charge on any atom is 0.152 e. The molecule has 1 aliphatic rings. The Morgan fingerprint density at radius 1 is 1.18 bits per heavy atom. The molecule has 0 radical (unpaired) electrons. The molecule has 94 valence electrons. The minimum atomic E-state index is -2.81. The highest BCUT2D eigenvalue weighted by Gasteiger charge is 2.28. The van der Waals surface area contributed by atoms with Crippen molar-refractivity contribution in [3.63, 3.8) is 0 Å². The maximum absolute atomic E-state index is 11.4. The molecule has 0 saturated carbocycles. The van der Waals surface area contributed by atoms with Gasteiger partial charge in [-0.25, -0.2) is 8.42 Å². The smallest absolute Gasteiger partial charge is 0.152 e. The Labute approximate surface area is 103 Å². The maximum atomic E-state index is 11.4. The Hall–Kier alpha value is -1.03. The largest absolute Gasteiger partial charge is 0.381 e. The standard InChI is InChI=1S/C13H19NO2S/c1-9-6-10(2)13(11(3)7-9)14-12-4-5-17(15,16)8-12/h6-7,12,14H,4-5,8H2,1-3H3. The normalized spacial score (nSPS) is 22.6. The summed E-state index contributed by atoms with van der Waals surface area (Å²) >= 11 is 0. The molecule has 0 amide bonds. The van der Waals surface area contributed by atoms with E-state index in [9.17, 15) is 8.42 Å². The first kappa shape index (κ1) is 12.4. The van der Waals surface area contributed by atoms with Gasteiger partial charge >= 0.3 is 0 Å². The van der Waals surface area contributed by atoms with E-state index in [1.165, 1.54) is 16.7 Å². The van der Waals surface area contributed by atoms with Crippen molar-refractivity contribution in [2.75, 3.05) is 16.8 Å². The van der Waals surface area contributed by atoms with Crippen molar-refractivity contribution < 1.29 is 8.42 Å². The summed E-state index contributed by atoms with van der Waals surface area (Å²) < 4.78 is 22.8. The van der Waals surface area contributed by atoms with Gasteiger partial charge in [-0.05, 0) is 38.3 Å². The molecule has 3 nitrogen and oxygen atoms in total. The van der Waals surface area contributed by atoms with Crippen LogP contribution in [0.15, 0.2) is 12.1 Å². The number of nitrogens with one attached hydrogen (secondary N) is 1. The highest BCUT2D eigenvalue weighted by molar-refractivity contribution is 7.91. The van der Waals surface area contributed by atoms with Gasteiger partial charge in [0.25, 0.3) is 0 Å². The van der Waals surface area contributed by atoms with Crippen LogP contribution >= 0.6 is 0 Å². The van der Waals surface area contributed by atoms with Gasteiger partial charge < -0.3 is 5.32 Å². The minimum Gasteiger partial charge on any atom is -0.381 e. The molecule has 1 atom stereocenters. The van der Waals surface area contributed by atoms with Crippen LogP contribution in [0.1, 0.15) is 23.1 Å². The number of sulfone groups is 1. The zero-order valence-corrected chi connectivity index (χ0v) is 11.4. The molecule has 4 heteroatoms. The molecule has 2 rings (SSSR count). The summed E-state index contributed by atoms with van der Waals surface area (Å²) in [4.78, 5) is 0. The highest BCUT2D eigenvalue weighted by Crippen LogP contribution is 2.25. The van der Waals surface area contributed by atoms with Crippen molar-refractivity contribution >= 4 is 15.5 Å². The lowest BCUT2D eigenvalue weighted by Gasteiger charge is -2.18. The lowest BCUT2D eigenvalue weighted by atomic mass is 10.0. The molecule has 1 aromatic rings. The fraction of sp³-hybridized carbons (Fsp3) is 0.538. The first-order valence-corrected chi connectivity index (χ1v) is 7.74. The van der Waals surface area contributed by atoms with Gasteiger partial charge in [0.15, 0.2) is 9.84 Å².